The predicted octanol–water partition coefficient (Wildman–Crippen LogP) is 4.75. The van der Waals surface area contributed by atoms with Crippen molar-refractivity contribution in [2.24, 2.45) is 10.1 Å². The molecule has 1 aromatic heterocycles. The Morgan fingerprint density at radius 1 is 1.12 bits per heavy atom. The van der Waals surface area contributed by atoms with Gasteiger partial charge in [0.25, 0.3) is 5.91 Å². The van der Waals surface area contributed by atoms with Crippen LogP contribution in [0.25, 0.3) is 17.0 Å². The first-order valence-corrected chi connectivity index (χ1v) is 11.2. The molecule has 0 aliphatic carbocycles. The quantitative estimate of drug-likeness (QED) is 0.558. The SMILES string of the molecule is CCC1=NN2C(=N)/C(=C/c3cn(CCOc4ccccc4)c4ccccc34)C(=O)N=C2S1. The third-order valence-electron chi connectivity index (χ3n) is 5.26. The average molecular weight is 444 g/mol. The highest BCUT2D eigenvalue weighted by Gasteiger charge is 2.35. The molecule has 2 aliphatic heterocycles. The Bertz CT molecular complexity index is 1310. The second-order valence-electron chi connectivity index (χ2n) is 7.32. The number of fused-ring (bicyclic) bond motifs is 2. The smallest absolute Gasteiger partial charge is 0.283 e. The van der Waals surface area contributed by atoms with Gasteiger partial charge in [-0.05, 0) is 42.5 Å². The first kappa shape index (κ1) is 20.3. The maximum atomic E-state index is 12.7. The van der Waals surface area contributed by atoms with Gasteiger partial charge in [-0.1, -0.05) is 43.3 Å². The molecule has 2 aliphatic rings. The minimum Gasteiger partial charge on any atom is -0.492 e. The normalized spacial score (nSPS) is 17.0. The van der Waals surface area contributed by atoms with Crippen LogP contribution >= 0.6 is 11.8 Å². The molecule has 160 valence electrons. The van der Waals surface area contributed by atoms with Gasteiger partial charge >= 0.3 is 0 Å². The number of hydrogen-bond donors (Lipinski definition) is 1. The number of aliphatic imine (C=N–C) groups is 1. The molecule has 0 spiro atoms. The van der Waals surface area contributed by atoms with Crippen molar-refractivity contribution in [3.05, 3.63) is 71.9 Å². The van der Waals surface area contributed by atoms with Crippen molar-refractivity contribution < 1.29 is 9.53 Å². The number of nitrogens with one attached hydrogen (secondary N) is 1. The molecular weight excluding hydrogens is 422 g/mol. The van der Waals surface area contributed by atoms with Crippen molar-refractivity contribution in [3.8, 4) is 5.75 Å². The van der Waals surface area contributed by atoms with Gasteiger partial charge in [0.05, 0.1) is 12.1 Å². The minimum absolute atomic E-state index is 0.0557. The monoisotopic (exact) mass is 443 g/mol. The van der Waals surface area contributed by atoms with Crippen LogP contribution in [0.15, 0.2) is 76.5 Å². The number of aromatic nitrogens is 1. The number of ether oxygens (including phenoxy) is 1. The van der Waals surface area contributed by atoms with Gasteiger partial charge in [0.15, 0.2) is 5.84 Å². The Morgan fingerprint density at radius 3 is 2.72 bits per heavy atom. The van der Waals surface area contributed by atoms with E-state index in [1.165, 1.54) is 16.8 Å². The Morgan fingerprint density at radius 2 is 1.91 bits per heavy atom. The second-order valence-corrected chi connectivity index (χ2v) is 8.36. The summed E-state index contributed by atoms with van der Waals surface area (Å²) in [7, 11) is 0. The third-order valence-corrected chi connectivity index (χ3v) is 6.31. The van der Waals surface area contributed by atoms with E-state index < -0.39 is 5.91 Å². The molecule has 0 saturated carbocycles. The number of nitrogens with zero attached hydrogens (tertiary/aromatic N) is 4. The lowest BCUT2D eigenvalue weighted by Crippen LogP contribution is -2.35. The van der Waals surface area contributed by atoms with E-state index >= 15 is 0 Å². The van der Waals surface area contributed by atoms with E-state index in [1.54, 1.807) is 6.08 Å². The number of carbonyl (C=O) groups excluding carboxylic acids is 1. The standard InChI is InChI=1S/C24H21N5O2S/c1-2-21-27-29-22(25)19(23(30)26-24(29)32-21)14-16-15-28(20-11-7-6-10-18(16)20)12-13-31-17-8-4-3-5-9-17/h3-11,14-15,25H,2,12-13H2,1H3/b19-14-,25-22?. The largest absolute Gasteiger partial charge is 0.492 e. The van der Waals surface area contributed by atoms with Gasteiger partial charge in [-0.3, -0.25) is 10.2 Å². The van der Waals surface area contributed by atoms with E-state index in [9.17, 15) is 4.79 Å². The average Bonchev–Trinajstić information content (AvgIpc) is 3.39. The number of thioether (sulfide) groups is 1. The summed E-state index contributed by atoms with van der Waals surface area (Å²) >= 11 is 1.34. The van der Waals surface area contributed by atoms with Crippen LogP contribution in [-0.4, -0.2) is 38.1 Å². The second kappa shape index (κ2) is 8.47. The maximum Gasteiger partial charge on any atom is 0.283 e. The summed E-state index contributed by atoms with van der Waals surface area (Å²) in [5.41, 5.74) is 2.13. The predicted molar refractivity (Wildman–Crippen MR) is 129 cm³/mol. The summed E-state index contributed by atoms with van der Waals surface area (Å²) in [6.07, 6.45) is 4.47. The number of hydrazone groups is 1. The highest BCUT2D eigenvalue weighted by Crippen LogP contribution is 2.30. The molecule has 0 saturated heterocycles. The van der Waals surface area contributed by atoms with Crippen molar-refractivity contribution in [2.45, 2.75) is 19.9 Å². The van der Waals surface area contributed by atoms with Crippen LogP contribution < -0.4 is 4.74 Å². The molecule has 0 radical (unpaired) electrons. The zero-order valence-corrected chi connectivity index (χ0v) is 18.3. The molecule has 0 atom stereocenters. The Labute approximate surface area is 189 Å². The number of benzene rings is 2. The molecular formula is C24H21N5O2S. The highest BCUT2D eigenvalue weighted by molar-refractivity contribution is 8.26. The van der Waals surface area contributed by atoms with Gasteiger partial charge in [-0.25, -0.2) is 0 Å². The molecule has 3 aromatic rings. The summed E-state index contributed by atoms with van der Waals surface area (Å²) in [4.78, 5) is 16.9. The molecule has 3 heterocycles. The molecule has 2 aromatic carbocycles. The number of amides is 1. The fourth-order valence-corrected chi connectivity index (χ4v) is 4.51. The van der Waals surface area contributed by atoms with Crippen LogP contribution in [0.1, 0.15) is 18.9 Å². The van der Waals surface area contributed by atoms with E-state index in [1.807, 2.05) is 67.7 Å². The van der Waals surface area contributed by atoms with Crippen LogP contribution in [0.2, 0.25) is 0 Å². The summed E-state index contributed by atoms with van der Waals surface area (Å²) in [5.74, 6) is 0.474. The number of hydrogen-bond acceptors (Lipinski definition) is 5. The summed E-state index contributed by atoms with van der Waals surface area (Å²) in [5, 5.41) is 16.7. The van der Waals surface area contributed by atoms with Crippen LogP contribution in [-0.2, 0) is 11.3 Å². The fourth-order valence-electron chi connectivity index (χ4n) is 3.68. The molecule has 5 rings (SSSR count). The van der Waals surface area contributed by atoms with E-state index in [2.05, 4.69) is 14.7 Å². The minimum atomic E-state index is -0.412. The molecule has 0 fully saturated rings. The lowest BCUT2D eigenvalue weighted by atomic mass is 10.1. The third kappa shape index (κ3) is 3.73. The first-order valence-electron chi connectivity index (χ1n) is 10.4. The summed E-state index contributed by atoms with van der Waals surface area (Å²) < 4.78 is 7.96. The molecule has 1 amide bonds. The van der Waals surface area contributed by atoms with Gasteiger partial charge in [-0.2, -0.15) is 15.1 Å². The van der Waals surface area contributed by atoms with Gasteiger partial charge in [-0.15, -0.1) is 0 Å². The Kier molecular flexibility index (Phi) is 5.36. The van der Waals surface area contributed by atoms with Gasteiger partial charge < -0.3 is 9.30 Å². The topological polar surface area (TPSA) is 83.0 Å². The van der Waals surface area contributed by atoms with Crippen molar-refractivity contribution in [1.82, 2.24) is 9.58 Å². The van der Waals surface area contributed by atoms with Crippen LogP contribution in [0.4, 0.5) is 0 Å². The van der Waals surface area contributed by atoms with Crippen molar-refractivity contribution in [2.75, 3.05) is 6.61 Å². The lowest BCUT2D eigenvalue weighted by molar-refractivity contribution is -0.114. The van der Waals surface area contributed by atoms with Gasteiger partial charge in [0.1, 0.15) is 17.4 Å². The van der Waals surface area contributed by atoms with Gasteiger partial charge in [0, 0.05) is 22.7 Å². The van der Waals surface area contributed by atoms with Crippen LogP contribution in [0, 0.1) is 5.41 Å². The zero-order valence-electron chi connectivity index (χ0n) is 17.5. The van der Waals surface area contributed by atoms with E-state index in [-0.39, 0.29) is 11.4 Å². The van der Waals surface area contributed by atoms with Crippen LogP contribution in [0.3, 0.4) is 0 Å². The van der Waals surface area contributed by atoms with Crippen LogP contribution in [0.5, 0.6) is 5.75 Å². The lowest BCUT2D eigenvalue weighted by Gasteiger charge is -2.20. The van der Waals surface area contributed by atoms with Crippen molar-refractivity contribution in [1.29, 1.82) is 5.41 Å². The first-order chi connectivity index (χ1) is 15.6. The molecule has 32 heavy (non-hydrogen) atoms. The molecule has 0 bridgehead atoms. The summed E-state index contributed by atoms with van der Waals surface area (Å²) in [6.45, 7) is 3.16. The number of amidine groups is 2. The molecule has 7 nitrogen and oxygen atoms in total. The maximum absolute atomic E-state index is 12.7. The molecule has 8 heteroatoms. The number of rotatable bonds is 6. The Hall–Kier alpha value is -3.65. The van der Waals surface area contributed by atoms with E-state index in [0.29, 0.717) is 18.3 Å². The zero-order chi connectivity index (χ0) is 22.1. The van der Waals surface area contributed by atoms with E-state index in [0.717, 1.165) is 33.7 Å². The summed E-state index contributed by atoms with van der Waals surface area (Å²) in [6, 6.07) is 17.7. The van der Waals surface area contributed by atoms with Crippen molar-refractivity contribution in [3.63, 3.8) is 0 Å². The number of para-hydroxylation sites is 2. The van der Waals surface area contributed by atoms with E-state index in [4.69, 9.17) is 10.1 Å². The molecule has 1 N–H and O–H groups in total. The fraction of sp³-hybridized carbons (Fsp3) is 0.167. The highest BCUT2D eigenvalue weighted by atomic mass is 32.2. The molecule has 0 unspecified atom stereocenters. The van der Waals surface area contributed by atoms with Gasteiger partial charge in [0.2, 0.25) is 5.17 Å². The Balaban J connectivity index is 1.44. The number of carbonyl (C=O) groups is 1. The van der Waals surface area contributed by atoms with Crippen molar-refractivity contribution >= 4 is 50.7 Å².